The van der Waals surface area contributed by atoms with Gasteiger partial charge in [0.25, 0.3) is 0 Å². The first kappa shape index (κ1) is 17.4. The monoisotopic (exact) mass is 258 g/mol. The Morgan fingerprint density at radius 1 is 1.11 bits per heavy atom. The lowest BCUT2D eigenvalue weighted by molar-refractivity contribution is -0.166. The number of esters is 1. The van der Waals surface area contributed by atoms with E-state index >= 15 is 0 Å². The van der Waals surface area contributed by atoms with Gasteiger partial charge < -0.3 is 9.84 Å². The predicted molar refractivity (Wildman–Crippen MR) is 74.3 cm³/mol. The van der Waals surface area contributed by atoms with E-state index in [-0.39, 0.29) is 30.0 Å². The van der Waals surface area contributed by atoms with E-state index < -0.39 is 5.41 Å². The highest BCUT2D eigenvalue weighted by Gasteiger charge is 2.48. The van der Waals surface area contributed by atoms with Crippen LogP contribution in [-0.2, 0) is 9.53 Å². The van der Waals surface area contributed by atoms with Crippen LogP contribution in [0.25, 0.3) is 0 Å². The van der Waals surface area contributed by atoms with Gasteiger partial charge in [-0.15, -0.1) is 0 Å². The number of ether oxygens (including phenoxy) is 1. The van der Waals surface area contributed by atoms with Gasteiger partial charge in [0.2, 0.25) is 0 Å². The average molecular weight is 258 g/mol. The normalized spacial score (nSPS) is 16.2. The van der Waals surface area contributed by atoms with Crippen LogP contribution in [0, 0.1) is 16.2 Å². The van der Waals surface area contributed by atoms with E-state index in [0.717, 1.165) is 12.8 Å². The molecule has 18 heavy (non-hydrogen) atoms. The summed E-state index contributed by atoms with van der Waals surface area (Å²) in [6.45, 7) is 14.6. The van der Waals surface area contributed by atoms with Gasteiger partial charge in [0, 0.05) is 0 Å². The fourth-order valence-corrected chi connectivity index (χ4v) is 2.02. The number of aliphatic hydroxyl groups excluding tert-OH is 1. The third kappa shape index (κ3) is 4.27. The molecule has 0 fully saturated rings. The summed E-state index contributed by atoms with van der Waals surface area (Å²) in [7, 11) is 0. The smallest absolute Gasteiger partial charge is 0.312 e. The van der Waals surface area contributed by atoms with E-state index in [1.807, 2.05) is 6.92 Å². The summed E-state index contributed by atoms with van der Waals surface area (Å²) in [6, 6.07) is 0. The number of rotatable bonds is 6. The van der Waals surface area contributed by atoms with Crippen molar-refractivity contribution in [3.63, 3.8) is 0 Å². The van der Waals surface area contributed by atoms with Crippen LogP contribution in [0.1, 0.15) is 61.3 Å². The maximum absolute atomic E-state index is 12.3. The number of carbonyl (C=O) groups excluding carboxylic acids is 1. The minimum Gasteiger partial charge on any atom is -0.463 e. The zero-order chi connectivity index (χ0) is 14.6. The van der Waals surface area contributed by atoms with Gasteiger partial charge in [0.15, 0.2) is 0 Å². The molecule has 0 heterocycles. The molecule has 108 valence electrons. The van der Waals surface area contributed by atoms with Gasteiger partial charge in [-0.05, 0) is 24.2 Å². The van der Waals surface area contributed by atoms with Crippen LogP contribution in [0.15, 0.2) is 0 Å². The van der Waals surface area contributed by atoms with Crippen molar-refractivity contribution in [2.24, 2.45) is 16.2 Å². The van der Waals surface area contributed by atoms with Gasteiger partial charge in [-0.3, -0.25) is 4.79 Å². The number of hydrogen-bond donors (Lipinski definition) is 1. The fraction of sp³-hybridized carbons (Fsp3) is 0.933. The van der Waals surface area contributed by atoms with Crippen molar-refractivity contribution in [2.75, 3.05) is 13.2 Å². The van der Waals surface area contributed by atoms with E-state index in [4.69, 9.17) is 9.84 Å². The molecular weight excluding hydrogens is 228 g/mol. The molecule has 0 rings (SSSR count). The van der Waals surface area contributed by atoms with Crippen molar-refractivity contribution in [1.29, 1.82) is 0 Å². The Morgan fingerprint density at radius 3 is 1.94 bits per heavy atom. The van der Waals surface area contributed by atoms with Crippen LogP contribution in [0.5, 0.6) is 0 Å². The Morgan fingerprint density at radius 2 is 1.61 bits per heavy atom. The molecule has 0 aromatic heterocycles. The Balaban J connectivity index is 5.14. The molecule has 0 aromatic rings. The van der Waals surface area contributed by atoms with Crippen LogP contribution in [0.3, 0.4) is 0 Å². The molecule has 0 unspecified atom stereocenters. The quantitative estimate of drug-likeness (QED) is 0.743. The Bertz CT molecular complexity index is 276. The summed E-state index contributed by atoms with van der Waals surface area (Å²) >= 11 is 0. The van der Waals surface area contributed by atoms with Crippen molar-refractivity contribution in [3.8, 4) is 0 Å². The van der Waals surface area contributed by atoms with Crippen molar-refractivity contribution >= 4 is 5.97 Å². The third-order valence-corrected chi connectivity index (χ3v) is 4.22. The SMILES string of the molecule is CCC(C)(C)C[C@@](C)(C(=O)OCCO)C(C)(C)C. The Kier molecular flexibility index (Phi) is 5.86. The second-order valence-electron chi connectivity index (χ2n) is 7.14. The molecule has 0 saturated carbocycles. The second-order valence-corrected chi connectivity index (χ2v) is 7.14. The van der Waals surface area contributed by atoms with Gasteiger partial charge >= 0.3 is 5.97 Å². The molecule has 3 nitrogen and oxygen atoms in total. The minimum absolute atomic E-state index is 0.0804. The first-order valence-corrected chi connectivity index (χ1v) is 6.78. The van der Waals surface area contributed by atoms with E-state index in [9.17, 15) is 4.79 Å². The second kappa shape index (κ2) is 6.05. The van der Waals surface area contributed by atoms with Gasteiger partial charge in [-0.1, -0.05) is 48.0 Å². The molecule has 0 aromatic carbocycles. The van der Waals surface area contributed by atoms with E-state index in [1.165, 1.54) is 0 Å². The van der Waals surface area contributed by atoms with E-state index in [1.54, 1.807) is 0 Å². The van der Waals surface area contributed by atoms with Crippen LogP contribution in [-0.4, -0.2) is 24.3 Å². The summed E-state index contributed by atoms with van der Waals surface area (Å²) in [6.07, 6.45) is 1.80. The van der Waals surface area contributed by atoms with Gasteiger partial charge in [-0.25, -0.2) is 0 Å². The molecule has 1 atom stereocenters. The molecule has 0 aliphatic heterocycles. The Hall–Kier alpha value is -0.570. The van der Waals surface area contributed by atoms with Crippen molar-refractivity contribution in [3.05, 3.63) is 0 Å². The van der Waals surface area contributed by atoms with Crippen LogP contribution >= 0.6 is 0 Å². The lowest BCUT2D eigenvalue weighted by Crippen LogP contribution is -2.44. The average Bonchev–Trinajstić information content (AvgIpc) is 2.23. The summed E-state index contributed by atoms with van der Waals surface area (Å²) in [5.74, 6) is -0.203. The molecule has 0 bridgehead atoms. The van der Waals surface area contributed by atoms with Crippen molar-refractivity contribution < 1.29 is 14.6 Å². The highest BCUT2D eigenvalue weighted by atomic mass is 16.5. The standard InChI is InChI=1S/C15H30O3/c1-8-14(5,6)11-15(7,13(2,3)4)12(17)18-10-9-16/h16H,8-11H2,1-7H3/t15-/m0/s1. The molecule has 0 saturated heterocycles. The lowest BCUT2D eigenvalue weighted by atomic mass is 9.60. The number of hydrogen-bond acceptors (Lipinski definition) is 3. The summed E-state index contributed by atoms with van der Waals surface area (Å²) in [5.41, 5.74) is -0.617. The fourth-order valence-electron chi connectivity index (χ4n) is 2.02. The molecule has 0 spiro atoms. The summed E-state index contributed by atoms with van der Waals surface area (Å²) < 4.78 is 5.18. The summed E-state index contributed by atoms with van der Waals surface area (Å²) in [4.78, 5) is 12.3. The molecule has 1 N–H and O–H groups in total. The van der Waals surface area contributed by atoms with Gasteiger partial charge in [-0.2, -0.15) is 0 Å². The van der Waals surface area contributed by atoms with Crippen LogP contribution in [0.2, 0.25) is 0 Å². The van der Waals surface area contributed by atoms with Gasteiger partial charge in [0.1, 0.15) is 6.61 Å². The van der Waals surface area contributed by atoms with Crippen LogP contribution in [0.4, 0.5) is 0 Å². The van der Waals surface area contributed by atoms with Gasteiger partial charge in [0.05, 0.1) is 12.0 Å². The highest BCUT2D eigenvalue weighted by molar-refractivity contribution is 5.77. The molecule has 0 radical (unpaired) electrons. The lowest BCUT2D eigenvalue weighted by Gasteiger charge is -2.44. The van der Waals surface area contributed by atoms with E-state index in [0.29, 0.717) is 0 Å². The van der Waals surface area contributed by atoms with Crippen molar-refractivity contribution in [1.82, 2.24) is 0 Å². The predicted octanol–water partition coefficient (Wildman–Crippen LogP) is 3.40. The summed E-state index contributed by atoms with van der Waals surface area (Å²) in [5, 5.41) is 8.79. The molecule has 0 amide bonds. The minimum atomic E-state index is -0.540. The molecule has 3 heteroatoms. The zero-order valence-corrected chi connectivity index (χ0v) is 13.1. The Labute approximate surface area is 112 Å². The maximum Gasteiger partial charge on any atom is 0.312 e. The molecule has 0 aliphatic rings. The molecule has 0 aliphatic carbocycles. The first-order chi connectivity index (χ1) is 8.00. The topological polar surface area (TPSA) is 46.5 Å². The maximum atomic E-state index is 12.3. The largest absolute Gasteiger partial charge is 0.463 e. The van der Waals surface area contributed by atoms with Crippen LogP contribution < -0.4 is 0 Å². The molecular formula is C15H30O3. The number of carbonyl (C=O) groups is 1. The number of aliphatic hydroxyl groups is 1. The van der Waals surface area contributed by atoms with E-state index in [2.05, 4.69) is 41.5 Å². The highest BCUT2D eigenvalue weighted by Crippen LogP contribution is 2.48. The zero-order valence-electron chi connectivity index (χ0n) is 13.1. The first-order valence-electron chi connectivity index (χ1n) is 6.78. The van der Waals surface area contributed by atoms with Crippen molar-refractivity contribution in [2.45, 2.75) is 61.3 Å². The third-order valence-electron chi connectivity index (χ3n) is 4.22.